The predicted octanol–water partition coefficient (Wildman–Crippen LogP) is 1.23. The van der Waals surface area contributed by atoms with Crippen LogP contribution >= 0.6 is 0 Å². The van der Waals surface area contributed by atoms with Crippen molar-refractivity contribution in [3.8, 4) is 0 Å². The van der Waals surface area contributed by atoms with Crippen LogP contribution in [0.5, 0.6) is 0 Å². The number of H-pyrrole nitrogens is 1. The molecule has 0 aliphatic rings. The smallest absolute Gasteiger partial charge is 0.303 e. The lowest BCUT2D eigenvalue weighted by atomic mass is 10.2. The molecule has 3 N–H and O–H groups in total. The fraction of sp³-hybridized carbons (Fsp3) is 0.545. The summed E-state index contributed by atoms with van der Waals surface area (Å²) in [5.41, 5.74) is 0. The number of imidazole rings is 1. The number of nitrogens with zero attached hydrogens (tertiary/aromatic N) is 1. The number of hydrogen-bond donors (Lipinski definition) is 3. The van der Waals surface area contributed by atoms with Crippen LogP contribution < -0.4 is 5.32 Å². The summed E-state index contributed by atoms with van der Waals surface area (Å²) in [7, 11) is 0. The van der Waals surface area contributed by atoms with E-state index in [1.165, 1.54) is 0 Å². The molecular weight excluding hydrogens is 222 g/mol. The maximum Gasteiger partial charge on any atom is 0.303 e. The Balaban J connectivity index is 2.19. The Kier molecular flexibility index (Phi) is 5.19. The summed E-state index contributed by atoms with van der Waals surface area (Å²) >= 11 is 0. The van der Waals surface area contributed by atoms with E-state index in [4.69, 9.17) is 5.11 Å². The van der Waals surface area contributed by atoms with E-state index >= 15 is 0 Å². The minimum atomic E-state index is -0.825. The van der Waals surface area contributed by atoms with Gasteiger partial charge in [0.15, 0.2) is 0 Å². The number of aromatic nitrogens is 2. The van der Waals surface area contributed by atoms with Crippen molar-refractivity contribution in [2.75, 3.05) is 0 Å². The van der Waals surface area contributed by atoms with E-state index in [0.29, 0.717) is 25.1 Å². The molecule has 6 nitrogen and oxygen atoms in total. The third-order valence-electron chi connectivity index (χ3n) is 2.35. The lowest BCUT2D eigenvalue weighted by Gasteiger charge is -2.11. The highest BCUT2D eigenvalue weighted by molar-refractivity contribution is 5.76. The number of carboxylic acids is 1. The monoisotopic (exact) mass is 239 g/mol. The van der Waals surface area contributed by atoms with Gasteiger partial charge in [0.2, 0.25) is 5.91 Å². The van der Waals surface area contributed by atoms with Crippen LogP contribution in [0.2, 0.25) is 0 Å². The molecule has 1 heterocycles. The summed E-state index contributed by atoms with van der Waals surface area (Å²) in [6, 6.07) is -0.156. The minimum absolute atomic E-state index is 0.0840. The van der Waals surface area contributed by atoms with E-state index < -0.39 is 5.97 Å². The van der Waals surface area contributed by atoms with Crippen LogP contribution in [0.4, 0.5) is 0 Å². The van der Waals surface area contributed by atoms with Crippen LogP contribution in [-0.4, -0.2) is 27.0 Å². The molecule has 17 heavy (non-hydrogen) atoms. The molecule has 0 aliphatic heterocycles. The third-order valence-corrected chi connectivity index (χ3v) is 2.35. The number of hydrogen-bond acceptors (Lipinski definition) is 3. The lowest BCUT2D eigenvalue weighted by molar-refractivity contribution is -0.137. The molecule has 6 heteroatoms. The number of rotatable bonds is 7. The predicted molar refractivity (Wildman–Crippen MR) is 61.2 cm³/mol. The molecule has 0 saturated heterocycles. The molecule has 1 aromatic heterocycles. The van der Waals surface area contributed by atoms with Gasteiger partial charge in [0, 0.05) is 25.2 Å². The number of amides is 1. The fourth-order valence-electron chi connectivity index (χ4n) is 1.46. The molecule has 0 radical (unpaired) electrons. The molecule has 0 saturated carbocycles. The second kappa shape index (κ2) is 6.67. The number of carbonyl (C=O) groups excluding carboxylic acids is 1. The van der Waals surface area contributed by atoms with Crippen LogP contribution in [0.15, 0.2) is 12.4 Å². The molecule has 0 aliphatic carbocycles. The number of carboxylic acid groups (broad SMARTS) is 1. The molecule has 1 aromatic rings. The van der Waals surface area contributed by atoms with Gasteiger partial charge in [-0.1, -0.05) is 0 Å². The first-order chi connectivity index (χ1) is 8.09. The highest BCUT2D eigenvalue weighted by Gasteiger charge is 2.10. The van der Waals surface area contributed by atoms with Crippen molar-refractivity contribution >= 4 is 11.9 Å². The normalized spacial score (nSPS) is 12.1. The highest BCUT2D eigenvalue weighted by atomic mass is 16.4. The Morgan fingerprint density at radius 3 is 2.76 bits per heavy atom. The van der Waals surface area contributed by atoms with Crippen molar-refractivity contribution in [2.45, 2.75) is 38.6 Å². The van der Waals surface area contributed by atoms with Crippen molar-refractivity contribution in [3.63, 3.8) is 0 Å². The zero-order chi connectivity index (χ0) is 12.7. The van der Waals surface area contributed by atoms with Crippen LogP contribution in [-0.2, 0) is 9.59 Å². The van der Waals surface area contributed by atoms with Gasteiger partial charge in [-0.05, 0) is 19.8 Å². The number of carbonyl (C=O) groups is 2. The fourth-order valence-corrected chi connectivity index (χ4v) is 1.46. The second-order valence-corrected chi connectivity index (χ2v) is 3.86. The first kappa shape index (κ1) is 13.2. The Bertz CT molecular complexity index is 362. The zero-order valence-corrected chi connectivity index (χ0v) is 9.77. The summed E-state index contributed by atoms with van der Waals surface area (Å²) < 4.78 is 0. The average molecular weight is 239 g/mol. The summed E-state index contributed by atoms with van der Waals surface area (Å²) in [5.74, 6) is -0.197. The molecule has 1 atom stereocenters. The summed E-state index contributed by atoms with van der Waals surface area (Å²) in [6.45, 7) is 1.84. The standard InChI is InChI=1S/C11H17N3O3/c1-8(11-12-6-7-13-11)14-9(15)4-2-3-5-10(16)17/h6-8H,2-5H2,1H3,(H,12,13)(H,14,15)(H,16,17)/t8-/m1/s1. The number of nitrogens with one attached hydrogen (secondary N) is 2. The molecule has 0 spiro atoms. The quantitative estimate of drug-likeness (QED) is 0.624. The van der Waals surface area contributed by atoms with Gasteiger partial charge < -0.3 is 15.4 Å². The van der Waals surface area contributed by atoms with Gasteiger partial charge in [-0.15, -0.1) is 0 Å². The van der Waals surface area contributed by atoms with Gasteiger partial charge in [0.05, 0.1) is 6.04 Å². The van der Waals surface area contributed by atoms with Crippen LogP contribution in [0, 0.1) is 0 Å². The lowest BCUT2D eigenvalue weighted by Crippen LogP contribution is -2.27. The molecule has 1 amide bonds. The van der Waals surface area contributed by atoms with E-state index in [0.717, 1.165) is 0 Å². The van der Waals surface area contributed by atoms with E-state index in [-0.39, 0.29) is 18.4 Å². The van der Waals surface area contributed by atoms with Crippen molar-refractivity contribution < 1.29 is 14.7 Å². The van der Waals surface area contributed by atoms with Crippen molar-refractivity contribution in [3.05, 3.63) is 18.2 Å². The molecule has 0 unspecified atom stereocenters. The molecule has 94 valence electrons. The Hall–Kier alpha value is -1.85. The van der Waals surface area contributed by atoms with Crippen molar-refractivity contribution in [2.24, 2.45) is 0 Å². The summed E-state index contributed by atoms with van der Waals surface area (Å²) in [5, 5.41) is 11.2. The molecule has 1 rings (SSSR count). The Labute approximate surface area is 99.4 Å². The van der Waals surface area contributed by atoms with E-state index in [2.05, 4.69) is 15.3 Å². The van der Waals surface area contributed by atoms with Gasteiger partial charge in [0.25, 0.3) is 0 Å². The summed E-state index contributed by atoms with van der Waals surface area (Å²) in [4.78, 5) is 28.7. The maximum absolute atomic E-state index is 11.5. The van der Waals surface area contributed by atoms with Crippen molar-refractivity contribution in [1.29, 1.82) is 0 Å². The van der Waals surface area contributed by atoms with Crippen molar-refractivity contribution in [1.82, 2.24) is 15.3 Å². The Morgan fingerprint density at radius 2 is 2.18 bits per heavy atom. The van der Waals surface area contributed by atoms with E-state index in [9.17, 15) is 9.59 Å². The number of unbranched alkanes of at least 4 members (excludes halogenated alkanes) is 1. The molecule has 0 bridgehead atoms. The SMILES string of the molecule is C[C@@H](NC(=O)CCCCC(=O)O)c1ncc[nH]1. The van der Waals surface area contributed by atoms with Gasteiger partial charge in [-0.3, -0.25) is 9.59 Å². The zero-order valence-electron chi connectivity index (χ0n) is 9.77. The molecule has 0 aromatic carbocycles. The topological polar surface area (TPSA) is 95.1 Å². The Morgan fingerprint density at radius 1 is 1.47 bits per heavy atom. The molecular formula is C11H17N3O3. The number of aliphatic carboxylic acids is 1. The first-order valence-corrected chi connectivity index (χ1v) is 5.60. The largest absolute Gasteiger partial charge is 0.481 e. The van der Waals surface area contributed by atoms with Gasteiger partial charge in [-0.25, -0.2) is 4.98 Å². The van der Waals surface area contributed by atoms with E-state index in [1.807, 2.05) is 6.92 Å². The van der Waals surface area contributed by atoms with Crippen LogP contribution in [0.3, 0.4) is 0 Å². The average Bonchev–Trinajstić information content (AvgIpc) is 2.77. The van der Waals surface area contributed by atoms with Crippen LogP contribution in [0.25, 0.3) is 0 Å². The molecule has 0 fully saturated rings. The maximum atomic E-state index is 11.5. The summed E-state index contributed by atoms with van der Waals surface area (Å²) in [6.07, 6.45) is 4.90. The minimum Gasteiger partial charge on any atom is -0.481 e. The third kappa shape index (κ3) is 5.14. The van der Waals surface area contributed by atoms with Gasteiger partial charge >= 0.3 is 5.97 Å². The first-order valence-electron chi connectivity index (χ1n) is 5.60. The van der Waals surface area contributed by atoms with Crippen LogP contribution in [0.1, 0.15) is 44.5 Å². The number of aromatic amines is 1. The highest BCUT2D eigenvalue weighted by Crippen LogP contribution is 2.06. The van der Waals surface area contributed by atoms with Gasteiger partial charge in [-0.2, -0.15) is 0 Å². The van der Waals surface area contributed by atoms with Gasteiger partial charge in [0.1, 0.15) is 5.82 Å². The second-order valence-electron chi connectivity index (χ2n) is 3.86. The van der Waals surface area contributed by atoms with E-state index in [1.54, 1.807) is 12.4 Å².